The van der Waals surface area contributed by atoms with E-state index in [0.717, 1.165) is 38.3 Å². The van der Waals surface area contributed by atoms with Gasteiger partial charge in [0, 0.05) is 39.2 Å². The van der Waals surface area contributed by atoms with Crippen LogP contribution in [0, 0.1) is 5.92 Å². The van der Waals surface area contributed by atoms with Crippen LogP contribution < -0.4 is 5.32 Å². The van der Waals surface area contributed by atoms with E-state index in [1.165, 1.54) is 32.1 Å². The Bertz CT molecular complexity index is 337. The highest BCUT2D eigenvalue weighted by atomic mass is 16.5. The number of hydrogen-bond donors (Lipinski definition) is 2. The number of aliphatic hydroxyl groups excluding tert-OH is 1. The lowest BCUT2D eigenvalue weighted by atomic mass is 9.86. The molecular formula is C18H34N2O3. The van der Waals surface area contributed by atoms with E-state index in [0.29, 0.717) is 25.6 Å². The first-order chi connectivity index (χ1) is 11.2. The molecule has 2 N–H and O–H groups in total. The summed E-state index contributed by atoms with van der Waals surface area (Å²) >= 11 is 0. The zero-order valence-electron chi connectivity index (χ0n) is 14.6. The van der Waals surface area contributed by atoms with E-state index in [9.17, 15) is 9.90 Å². The summed E-state index contributed by atoms with van der Waals surface area (Å²) in [6.07, 6.45) is 10.0. The maximum Gasteiger partial charge on any atom is 0.220 e. The van der Waals surface area contributed by atoms with Crippen molar-refractivity contribution in [1.82, 2.24) is 10.2 Å². The Morgan fingerprint density at radius 1 is 1.22 bits per heavy atom. The molecule has 0 aromatic carbocycles. The zero-order valence-corrected chi connectivity index (χ0v) is 14.6. The predicted octanol–water partition coefficient (Wildman–Crippen LogP) is 1.93. The van der Waals surface area contributed by atoms with Gasteiger partial charge in [0.1, 0.15) is 0 Å². The van der Waals surface area contributed by atoms with Gasteiger partial charge in [-0.25, -0.2) is 0 Å². The number of hydrogen-bond acceptors (Lipinski definition) is 4. The van der Waals surface area contributed by atoms with Gasteiger partial charge < -0.3 is 20.1 Å². The molecule has 134 valence electrons. The number of methoxy groups -OCH3 is 1. The monoisotopic (exact) mass is 326 g/mol. The summed E-state index contributed by atoms with van der Waals surface area (Å²) in [5, 5.41) is 13.0. The predicted molar refractivity (Wildman–Crippen MR) is 91.3 cm³/mol. The molecular weight excluding hydrogens is 292 g/mol. The number of carbonyl (C=O) groups is 1. The Labute approximate surface area is 140 Å². The molecule has 0 aromatic heterocycles. The van der Waals surface area contributed by atoms with Crippen molar-refractivity contribution in [3.05, 3.63) is 0 Å². The lowest BCUT2D eigenvalue weighted by Gasteiger charge is -2.33. The number of aliphatic hydroxyl groups is 1. The quantitative estimate of drug-likeness (QED) is 0.715. The highest BCUT2D eigenvalue weighted by molar-refractivity contribution is 5.76. The second-order valence-corrected chi connectivity index (χ2v) is 7.29. The van der Waals surface area contributed by atoms with Gasteiger partial charge in [-0.1, -0.05) is 32.1 Å². The summed E-state index contributed by atoms with van der Waals surface area (Å²) in [6, 6.07) is 0.310. The number of amides is 1. The second-order valence-electron chi connectivity index (χ2n) is 7.29. The van der Waals surface area contributed by atoms with E-state index in [4.69, 9.17) is 4.74 Å². The van der Waals surface area contributed by atoms with Gasteiger partial charge in [-0.3, -0.25) is 4.79 Å². The molecule has 1 unspecified atom stereocenters. The van der Waals surface area contributed by atoms with Crippen LogP contribution in [0.3, 0.4) is 0 Å². The molecule has 0 aromatic rings. The Hall–Kier alpha value is -0.650. The number of β-amino-alcohol motifs (C(OH)–C–C–N with tert-alkyl or cyclic N) is 1. The molecule has 1 aliphatic heterocycles. The summed E-state index contributed by atoms with van der Waals surface area (Å²) < 4.78 is 4.96. The number of rotatable bonds is 8. The van der Waals surface area contributed by atoms with E-state index in [1.807, 2.05) is 0 Å². The van der Waals surface area contributed by atoms with Crippen molar-refractivity contribution < 1.29 is 14.6 Å². The summed E-state index contributed by atoms with van der Waals surface area (Å²) in [5.74, 6) is 1.01. The molecule has 5 heteroatoms. The van der Waals surface area contributed by atoms with Crippen LogP contribution in [0.2, 0.25) is 0 Å². The first kappa shape index (κ1) is 18.7. The normalized spacial score (nSPS) is 22.9. The standard InChI is InChI=1S/C18H34N2O3/c1-23-14-17(21)13-20-11-9-16(10-12-20)19-18(22)8-7-15-5-3-2-4-6-15/h15-17,21H,2-14H2,1H3,(H,19,22). The number of nitrogens with one attached hydrogen (secondary N) is 1. The molecule has 0 bridgehead atoms. The van der Waals surface area contributed by atoms with Gasteiger partial charge in [0.2, 0.25) is 5.91 Å². The fourth-order valence-corrected chi connectivity index (χ4v) is 3.91. The number of piperidine rings is 1. The van der Waals surface area contributed by atoms with E-state index in [2.05, 4.69) is 10.2 Å². The van der Waals surface area contributed by atoms with Crippen LogP contribution in [0.4, 0.5) is 0 Å². The fourth-order valence-electron chi connectivity index (χ4n) is 3.91. The van der Waals surface area contributed by atoms with Crippen LogP contribution in [-0.4, -0.2) is 61.4 Å². The maximum absolute atomic E-state index is 12.1. The Morgan fingerprint density at radius 3 is 2.57 bits per heavy atom. The second kappa shape index (κ2) is 10.3. The molecule has 2 fully saturated rings. The molecule has 1 atom stereocenters. The van der Waals surface area contributed by atoms with E-state index in [1.54, 1.807) is 7.11 Å². The van der Waals surface area contributed by atoms with Crippen molar-refractivity contribution >= 4 is 5.91 Å². The molecule has 1 amide bonds. The smallest absolute Gasteiger partial charge is 0.220 e. The molecule has 1 heterocycles. The first-order valence-corrected chi connectivity index (χ1v) is 9.36. The lowest BCUT2D eigenvalue weighted by Crippen LogP contribution is -2.47. The van der Waals surface area contributed by atoms with Crippen molar-refractivity contribution in [2.24, 2.45) is 5.92 Å². The largest absolute Gasteiger partial charge is 0.389 e. The topological polar surface area (TPSA) is 61.8 Å². The van der Waals surface area contributed by atoms with Crippen LogP contribution in [0.5, 0.6) is 0 Å². The Balaban J connectivity index is 1.57. The van der Waals surface area contributed by atoms with Gasteiger partial charge >= 0.3 is 0 Å². The van der Waals surface area contributed by atoms with E-state index in [-0.39, 0.29) is 5.91 Å². The highest BCUT2D eigenvalue weighted by Gasteiger charge is 2.22. The van der Waals surface area contributed by atoms with Crippen LogP contribution in [0.1, 0.15) is 57.8 Å². The lowest BCUT2D eigenvalue weighted by molar-refractivity contribution is -0.122. The molecule has 1 saturated heterocycles. The number of nitrogens with zero attached hydrogens (tertiary/aromatic N) is 1. The van der Waals surface area contributed by atoms with E-state index >= 15 is 0 Å². The summed E-state index contributed by atoms with van der Waals surface area (Å²) in [6.45, 7) is 2.93. The minimum Gasteiger partial charge on any atom is -0.389 e. The third kappa shape index (κ3) is 7.19. The van der Waals surface area contributed by atoms with E-state index < -0.39 is 6.10 Å². The van der Waals surface area contributed by atoms with Gasteiger partial charge in [0.05, 0.1) is 12.7 Å². The highest BCUT2D eigenvalue weighted by Crippen LogP contribution is 2.27. The average Bonchev–Trinajstić information content (AvgIpc) is 2.56. The van der Waals surface area contributed by atoms with Crippen LogP contribution >= 0.6 is 0 Å². The number of ether oxygens (including phenoxy) is 1. The summed E-state index contributed by atoms with van der Waals surface area (Å²) in [7, 11) is 1.61. The van der Waals surface area contributed by atoms with Crippen molar-refractivity contribution in [3.8, 4) is 0 Å². The van der Waals surface area contributed by atoms with Crippen LogP contribution in [0.25, 0.3) is 0 Å². The minimum absolute atomic E-state index is 0.230. The van der Waals surface area contributed by atoms with Crippen molar-refractivity contribution in [1.29, 1.82) is 0 Å². The molecule has 0 spiro atoms. The van der Waals surface area contributed by atoms with Gasteiger partial charge in [0.15, 0.2) is 0 Å². The van der Waals surface area contributed by atoms with Gasteiger partial charge in [-0.2, -0.15) is 0 Å². The van der Waals surface area contributed by atoms with Crippen molar-refractivity contribution in [2.75, 3.05) is 33.4 Å². The van der Waals surface area contributed by atoms with Crippen molar-refractivity contribution in [2.45, 2.75) is 69.9 Å². The third-order valence-electron chi connectivity index (χ3n) is 5.29. The number of carbonyl (C=O) groups excluding carboxylic acids is 1. The third-order valence-corrected chi connectivity index (χ3v) is 5.29. The van der Waals surface area contributed by atoms with Crippen LogP contribution in [0.15, 0.2) is 0 Å². The van der Waals surface area contributed by atoms with Crippen LogP contribution in [-0.2, 0) is 9.53 Å². The van der Waals surface area contributed by atoms with Gasteiger partial charge in [-0.05, 0) is 25.2 Å². The van der Waals surface area contributed by atoms with Crippen molar-refractivity contribution in [3.63, 3.8) is 0 Å². The Morgan fingerprint density at radius 2 is 1.91 bits per heavy atom. The first-order valence-electron chi connectivity index (χ1n) is 9.36. The maximum atomic E-state index is 12.1. The molecule has 23 heavy (non-hydrogen) atoms. The fraction of sp³-hybridized carbons (Fsp3) is 0.944. The van der Waals surface area contributed by atoms with Gasteiger partial charge in [-0.15, -0.1) is 0 Å². The zero-order chi connectivity index (χ0) is 16.5. The number of likely N-dealkylation sites (tertiary alicyclic amines) is 1. The average molecular weight is 326 g/mol. The SMILES string of the molecule is COCC(O)CN1CCC(NC(=O)CCC2CCCCC2)CC1. The Kier molecular flexibility index (Phi) is 8.34. The molecule has 1 aliphatic carbocycles. The molecule has 5 nitrogen and oxygen atoms in total. The minimum atomic E-state index is -0.415. The molecule has 2 aliphatic rings. The summed E-state index contributed by atoms with van der Waals surface area (Å²) in [4.78, 5) is 14.4. The molecule has 1 saturated carbocycles. The summed E-state index contributed by atoms with van der Waals surface area (Å²) in [5.41, 5.74) is 0. The molecule has 0 radical (unpaired) electrons. The van der Waals surface area contributed by atoms with Gasteiger partial charge in [0.25, 0.3) is 0 Å². The molecule has 2 rings (SSSR count).